The number of ether oxygens (including phenoxy) is 1. The molecule has 0 bridgehead atoms. The van der Waals surface area contributed by atoms with Crippen molar-refractivity contribution in [2.24, 2.45) is 0 Å². The lowest BCUT2D eigenvalue weighted by atomic mass is 10.2. The van der Waals surface area contributed by atoms with E-state index < -0.39 is 0 Å². The van der Waals surface area contributed by atoms with Gasteiger partial charge in [0.1, 0.15) is 12.4 Å². The summed E-state index contributed by atoms with van der Waals surface area (Å²) >= 11 is 0. The number of benzene rings is 2. The Labute approximate surface area is 144 Å². The summed E-state index contributed by atoms with van der Waals surface area (Å²) in [5.74, 6) is 1.11. The Morgan fingerprint density at radius 3 is 2.56 bits per heavy atom. The highest BCUT2D eigenvalue weighted by Crippen LogP contribution is 2.19. The lowest BCUT2D eigenvalue weighted by Crippen LogP contribution is -2.17. The molecule has 5 nitrogen and oxygen atoms in total. The van der Waals surface area contributed by atoms with Crippen LogP contribution in [0, 0.1) is 0 Å². The van der Waals surface area contributed by atoms with Gasteiger partial charge < -0.3 is 4.74 Å². The topological polar surface area (TPSA) is 57.0 Å². The Morgan fingerprint density at radius 2 is 1.76 bits per heavy atom. The average molecular weight is 329 g/mol. The van der Waals surface area contributed by atoms with E-state index >= 15 is 0 Å². The van der Waals surface area contributed by atoms with Crippen LogP contribution in [0.5, 0.6) is 5.75 Å². The average Bonchev–Trinajstić information content (AvgIpc) is 3.05. The van der Waals surface area contributed by atoms with Crippen LogP contribution < -0.4 is 4.74 Å². The number of hydrogen-bond acceptors (Lipinski definition) is 4. The van der Waals surface area contributed by atoms with Gasteiger partial charge in [-0.05, 0) is 36.4 Å². The Morgan fingerprint density at radius 1 is 0.960 bits per heavy atom. The first kappa shape index (κ1) is 15.1. The molecule has 2 aromatic carbocycles. The van der Waals surface area contributed by atoms with Gasteiger partial charge in [0, 0.05) is 12.4 Å². The van der Waals surface area contributed by atoms with E-state index in [1.54, 1.807) is 29.1 Å². The largest absolute Gasteiger partial charge is 0.486 e. The first-order valence-electron chi connectivity index (χ1n) is 7.92. The molecule has 2 heterocycles. The molecule has 0 atom stereocenters. The molecule has 0 N–H and O–H groups in total. The summed E-state index contributed by atoms with van der Waals surface area (Å²) in [5.41, 5.74) is 2.01. The van der Waals surface area contributed by atoms with Gasteiger partial charge in [-0.3, -0.25) is 14.3 Å². The van der Waals surface area contributed by atoms with Gasteiger partial charge in [0.25, 0.3) is 5.91 Å². The quantitative estimate of drug-likeness (QED) is 0.573. The standard InChI is InChI=1S/C20H15N3O2/c24-20(15-7-6-12-21-13-15)23-18-11-5-4-10-17(18)22-19(23)14-25-16-8-2-1-3-9-16/h1-13H,14H2. The Hall–Kier alpha value is -3.47. The highest BCUT2D eigenvalue weighted by atomic mass is 16.5. The molecule has 0 saturated carbocycles. The molecule has 0 fully saturated rings. The van der Waals surface area contributed by atoms with E-state index in [4.69, 9.17) is 4.74 Å². The lowest BCUT2D eigenvalue weighted by molar-refractivity contribution is 0.0956. The van der Waals surface area contributed by atoms with Crippen molar-refractivity contribution in [1.29, 1.82) is 0 Å². The summed E-state index contributed by atoms with van der Waals surface area (Å²) < 4.78 is 7.39. The van der Waals surface area contributed by atoms with Crippen molar-refractivity contribution in [3.63, 3.8) is 0 Å². The molecule has 122 valence electrons. The van der Waals surface area contributed by atoms with Crippen LogP contribution in [0.25, 0.3) is 11.0 Å². The van der Waals surface area contributed by atoms with E-state index in [1.807, 2.05) is 54.6 Å². The Balaban J connectivity index is 1.74. The van der Waals surface area contributed by atoms with E-state index in [-0.39, 0.29) is 12.5 Å². The van der Waals surface area contributed by atoms with Gasteiger partial charge in [0.15, 0.2) is 5.82 Å². The highest BCUT2D eigenvalue weighted by Gasteiger charge is 2.18. The maximum Gasteiger partial charge on any atom is 0.265 e. The monoisotopic (exact) mass is 329 g/mol. The molecular formula is C20H15N3O2. The zero-order chi connectivity index (χ0) is 17.1. The normalized spacial score (nSPS) is 10.7. The zero-order valence-electron chi connectivity index (χ0n) is 13.4. The third-order valence-corrected chi connectivity index (χ3v) is 3.85. The van der Waals surface area contributed by atoms with Crippen LogP contribution in [0.2, 0.25) is 0 Å². The molecule has 0 unspecified atom stereocenters. The minimum atomic E-state index is -0.173. The number of pyridine rings is 1. The Bertz CT molecular complexity index is 1010. The number of rotatable bonds is 4. The summed E-state index contributed by atoms with van der Waals surface area (Å²) in [5, 5.41) is 0. The number of carbonyl (C=O) groups is 1. The minimum absolute atomic E-state index is 0.173. The lowest BCUT2D eigenvalue weighted by Gasteiger charge is -2.09. The van der Waals surface area contributed by atoms with Crippen molar-refractivity contribution in [2.75, 3.05) is 0 Å². The Kier molecular flexibility index (Phi) is 3.96. The molecule has 4 rings (SSSR count). The van der Waals surface area contributed by atoms with E-state index in [0.717, 1.165) is 16.8 Å². The van der Waals surface area contributed by atoms with Crippen molar-refractivity contribution >= 4 is 16.9 Å². The fourth-order valence-corrected chi connectivity index (χ4v) is 2.68. The number of imidazole rings is 1. The molecule has 25 heavy (non-hydrogen) atoms. The SMILES string of the molecule is O=C(c1cccnc1)n1c(COc2ccccc2)nc2ccccc21. The van der Waals surface area contributed by atoms with Gasteiger partial charge >= 0.3 is 0 Å². The number of para-hydroxylation sites is 3. The fraction of sp³-hybridized carbons (Fsp3) is 0.0500. The third-order valence-electron chi connectivity index (χ3n) is 3.85. The molecular weight excluding hydrogens is 314 g/mol. The molecule has 4 aromatic rings. The van der Waals surface area contributed by atoms with E-state index in [1.165, 1.54) is 0 Å². The maximum absolute atomic E-state index is 13.0. The molecule has 0 spiro atoms. The number of hydrogen-bond donors (Lipinski definition) is 0. The molecule has 0 aliphatic heterocycles. The van der Waals surface area contributed by atoms with Gasteiger partial charge in [-0.1, -0.05) is 30.3 Å². The molecule has 5 heteroatoms. The smallest absolute Gasteiger partial charge is 0.265 e. The predicted octanol–water partition coefficient (Wildman–Crippen LogP) is 3.70. The van der Waals surface area contributed by atoms with Gasteiger partial charge in [-0.2, -0.15) is 0 Å². The van der Waals surface area contributed by atoms with Crippen LogP contribution in [0.15, 0.2) is 79.1 Å². The number of fused-ring (bicyclic) bond motifs is 1. The van der Waals surface area contributed by atoms with Crippen LogP contribution in [-0.2, 0) is 6.61 Å². The molecule has 0 aliphatic rings. The van der Waals surface area contributed by atoms with Crippen LogP contribution in [-0.4, -0.2) is 20.4 Å². The van der Waals surface area contributed by atoms with Crippen molar-refractivity contribution in [1.82, 2.24) is 14.5 Å². The second-order valence-corrected chi connectivity index (χ2v) is 5.50. The molecule has 0 aliphatic carbocycles. The van der Waals surface area contributed by atoms with Crippen LogP contribution in [0.4, 0.5) is 0 Å². The fourth-order valence-electron chi connectivity index (χ4n) is 2.68. The van der Waals surface area contributed by atoms with Crippen LogP contribution in [0.3, 0.4) is 0 Å². The summed E-state index contributed by atoms with van der Waals surface area (Å²) in [4.78, 5) is 21.6. The number of nitrogens with zero attached hydrogens (tertiary/aromatic N) is 3. The minimum Gasteiger partial charge on any atom is -0.486 e. The second kappa shape index (κ2) is 6.57. The highest BCUT2D eigenvalue weighted by molar-refractivity contribution is 6.01. The number of aromatic nitrogens is 3. The van der Waals surface area contributed by atoms with Crippen molar-refractivity contribution in [3.8, 4) is 5.75 Å². The first-order chi connectivity index (χ1) is 12.3. The van der Waals surface area contributed by atoms with Gasteiger partial charge in [0.2, 0.25) is 0 Å². The molecule has 0 amide bonds. The summed E-state index contributed by atoms with van der Waals surface area (Å²) in [6.45, 7) is 0.199. The first-order valence-corrected chi connectivity index (χ1v) is 7.92. The van der Waals surface area contributed by atoms with E-state index in [2.05, 4.69) is 9.97 Å². The third kappa shape index (κ3) is 2.99. The van der Waals surface area contributed by atoms with Crippen molar-refractivity contribution in [2.45, 2.75) is 6.61 Å². The second-order valence-electron chi connectivity index (χ2n) is 5.50. The molecule has 0 saturated heterocycles. The van der Waals surface area contributed by atoms with Crippen LogP contribution >= 0.6 is 0 Å². The molecule has 2 aromatic heterocycles. The van der Waals surface area contributed by atoms with Crippen molar-refractivity contribution in [3.05, 3.63) is 90.5 Å². The van der Waals surface area contributed by atoms with Gasteiger partial charge in [-0.25, -0.2) is 4.98 Å². The van der Waals surface area contributed by atoms with E-state index in [9.17, 15) is 4.79 Å². The number of carbonyl (C=O) groups excluding carboxylic acids is 1. The van der Waals surface area contributed by atoms with Gasteiger partial charge in [0.05, 0.1) is 16.6 Å². The predicted molar refractivity (Wildman–Crippen MR) is 94.5 cm³/mol. The summed E-state index contributed by atoms with van der Waals surface area (Å²) in [6, 6.07) is 20.5. The molecule has 0 radical (unpaired) electrons. The van der Waals surface area contributed by atoms with E-state index in [0.29, 0.717) is 11.4 Å². The summed E-state index contributed by atoms with van der Waals surface area (Å²) in [7, 11) is 0. The zero-order valence-corrected chi connectivity index (χ0v) is 13.4. The van der Waals surface area contributed by atoms with Crippen molar-refractivity contribution < 1.29 is 9.53 Å². The summed E-state index contributed by atoms with van der Waals surface area (Å²) in [6.07, 6.45) is 3.20. The van der Waals surface area contributed by atoms with Gasteiger partial charge in [-0.15, -0.1) is 0 Å². The maximum atomic E-state index is 13.0. The van der Waals surface area contributed by atoms with Crippen LogP contribution in [0.1, 0.15) is 16.2 Å².